The molecule has 3 nitrogen and oxygen atoms in total. The highest BCUT2D eigenvalue weighted by Gasteiger charge is 2.16. The molecule has 1 aromatic rings. The predicted molar refractivity (Wildman–Crippen MR) is 65.5 cm³/mol. The Hall–Kier alpha value is -1.82. The predicted octanol–water partition coefficient (Wildman–Crippen LogP) is 2.62. The number of carbonyl (C=O) groups excluding carboxylic acids is 1. The Morgan fingerprint density at radius 2 is 2.06 bits per heavy atom. The van der Waals surface area contributed by atoms with E-state index in [9.17, 15) is 4.79 Å². The van der Waals surface area contributed by atoms with Gasteiger partial charge in [-0.1, -0.05) is 25.3 Å². The summed E-state index contributed by atoms with van der Waals surface area (Å²) in [5.74, 6) is -0.0611. The number of nitrogens with zero attached hydrogens (tertiary/aromatic N) is 1. The Morgan fingerprint density at radius 3 is 2.76 bits per heavy atom. The van der Waals surface area contributed by atoms with E-state index in [-0.39, 0.29) is 5.91 Å². The van der Waals surface area contributed by atoms with Crippen molar-refractivity contribution in [2.75, 3.05) is 0 Å². The van der Waals surface area contributed by atoms with Crippen LogP contribution in [0.4, 0.5) is 0 Å². The van der Waals surface area contributed by atoms with Crippen LogP contribution in [0.15, 0.2) is 24.3 Å². The van der Waals surface area contributed by atoms with Crippen LogP contribution in [-0.4, -0.2) is 11.9 Å². The van der Waals surface area contributed by atoms with Crippen LogP contribution >= 0.6 is 0 Å². The molecule has 0 saturated heterocycles. The van der Waals surface area contributed by atoms with Gasteiger partial charge in [0.15, 0.2) is 0 Å². The number of rotatable bonds is 2. The van der Waals surface area contributed by atoms with Crippen molar-refractivity contribution in [1.29, 1.82) is 5.26 Å². The highest BCUT2D eigenvalue weighted by atomic mass is 16.1. The molecular formula is C14H16N2O. The molecule has 1 saturated carbocycles. The van der Waals surface area contributed by atoms with Gasteiger partial charge in [-0.3, -0.25) is 4.79 Å². The highest BCUT2D eigenvalue weighted by Crippen LogP contribution is 2.17. The van der Waals surface area contributed by atoms with E-state index in [0.29, 0.717) is 17.2 Å². The van der Waals surface area contributed by atoms with Crippen molar-refractivity contribution in [1.82, 2.24) is 5.32 Å². The third kappa shape index (κ3) is 3.07. The summed E-state index contributed by atoms with van der Waals surface area (Å²) in [5, 5.41) is 11.8. The second kappa shape index (κ2) is 5.49. The molecular weight excluding hydrogens is 212 g/mol. The van der Waals surface area contributed by atoms with E-state index in [1.165, 1.54) is 19.3 Å². The van der Waals surface area contributed by atoms with Crippen LogP contribution in [0.1, 0.15) is 48.0 Å². The van der Waals surface area contributed by atoms with E-state index in [1.54, 1.807) is 24.3 Å². The van der Waals surface area contributed by atoms with Crippen LogP contribution in [-0.2, 0) is 0 Å². The monoisotopic (exact) mass is 228 g/mol. The number of nitrogens with one attached hydrogen (secondary N) is 1. The van der Waals surface area contributed by atoms with Crippen LogP contribution in [0.5, 0.6) is 0 Å². The lowest BCUT2D eigenvalue weighted by molar-refractivity contribution is 0.0927. The zero-order valence-electron chi connectivity index (χ0n) is 9.78. The fourth-order valence-electron chi connectivity index (χ4n) is 2.25. The molecule has 1 aliphatic rings. The van der Waals surface area contributed by atoms with Gasteiger partial charge in [-0.05, 0) is 31.0 Å². The minimum absolute atomic E-state index is 0.0611. The topological polar surface area (TPSA) is 52.9 Å². The number of amides is 1. The summed E-state index contributed by atoms with van der Waals surface area (Å²) in [7, 11) is 0. The average Bonchev–Trinajstić information content (AvgIpc) is 2.40. The summed E-state index contributed by atoms with van der Waals surface area (Å²) in [4.78, 5) is 12.0. The molecule has 1 fully saturated rings. The zero-order valence-corrected chi connectivity index (χ0v) is 9.78. The molecule has 0 bridgehead atoms. The van der Waals surface area contributed by atoms with E-state index in [1.807, 2.05) is 6.07 Å². The van der Waals surface area contributed by atoms with Crippen LogP contribution in [0.2, 0.25) is 0 Å². The Kier molecular flexibility index (Phi) is 3.77. The number of benzene rings is 1. The normalized spacial score (nSPS) is 16.2. The Morgan fingerprint density at radius 1 is 1.29 bits per heavy atom. The van der Waals surface area contributed by atoms with Crippen molar-refractivity contribution in [3.8, 4) is 6.07 Å². The summed E-state index contributed by atoms with van der Waals surface area (Å²) < 4.78 is 0. The first-order valence-corrected chi connectivity index (χ1v) is 6.10. The lowest BCUT2D eigenvalue weighted by Gasteiger charge is -2.22. The second-order valence-electron chi connectivity index (χ2n) is 4.50. The van der Waals surface area contributed by atoms with Gasteiger partial charge in [0.25, 0.3) is 5.91 Å². The molecule has 1 aliphatic carbocycles. The summed E-state index contributed by atoms with van der Waals surface area (Å²) in [6, 6.07) is 9.19. The summed E-state index contributed by atoms with van der Waals surface area (Å²) in [6.45, 7) is 0. The van der Waals surface area contributed by atoms with Gasteiger partial charge in [-0.2, -0.15) is 5.26 Å². The third-order valence-corrected chi connectivity index (χ3v) is 3.19. The quantitative estimate of drug-likeness (QED) is 0.846. The van der Waals surface area contributed by atoms with Crippen molar-refractivity contribution in [2.45, 2.75) is 38.1 Å². The first-order chi connectivity index (χ1) is 8.29. The Labute approximate surface area is 101 Å². The minimum atomic E-state index is -0.0611. The van der Waals surface area contributed by atoms with E-state index in [4.69, 9.17) is 5.26 Å². The van der Waals surface area contributed by atoms with Crippen molar-refractivity contribution in [3.05, 3.63) is 35.4 Å². The first kappa shape index (κ1) is 11.7. The van der Waals surface area contributed by atoms with Gasteiger partial charge < -0.3 is 5.32 Å². The number of hydrogen-bond acceptors (Lipinski definition) is 2. The van der Waals surface area contributed by atoms with Crippen LogP contribution in [0.3, 0.4) is 0 Å². The Bertz CT molecular complexity index is 442. The van der Waals surface area contributed by atoms with Crippen molar-refractivity contribution >= 4 is 5.91 Å². The van der Waals surface area contributed by atoms with Crippen LogP contribution in [0.25, 0.3) is 0 Å². The van der Waals surface area contributed by atoms with E-state index < -0.39 is 0 Å². The lowest BCUT2D eigenvalue weighted by atomic mass is 9.95. The molecule has 0 spiro atoms. The largest absolute Gasteiger partial charge is 0.349 e. The molecule has 0 unspecified atom stereocenters. The maximum absolute atomic E-state index is 12.0. The molecule has 1 aromatic carbocycles. The molecule has 17 heavy (non-hydrogen) atoms. The van der Waals surface area contributed by atoms with E-state index >= 15 is 0 Å². The molecule has 0 heterocycles. The van der Waals surface area contributed by atoms with Gasteiger partial charge in [0.05, 0.1) is 11.6 Å². The van der Waals surface area contributed by atoms with Gasteiger partial charge >= 0.3 is 0 Å². The minimum Gasteiger partial charge on any atom is -0.349 e. The number of carbonyl (C=O) groups is 1. The summed E-state index contributed by atoms with van der Waals surface area (Å²) in [5.41, 5.74) is 1.11. The molecule has 0 radical (unpaired) electrons. The van der Waals surface area contributed by atoms with Crippen molar-refractivity contribution in [3.63, 3.8) is 0 Å². The maximum Gasteiger partial charge on any atom is 0.251 e. The SMILES string of the molecule is N#Cc1cccc(C(=O)NC2CCCCC2)c1. The van der Waals surface area contributed by atoms with E-state index in [2.05, 4.69) is 5.32 Å². The van der Waals surface area contributed by atoms with Crippen LogP contribution in [0, 0.1) is 11.3 Å². The third-order valence-electron chi connectivity index (χ3n) is 3.19. The average molecular weight is 228 g/mol. The molecule has 0 aliphatic heterocycles. The fraction of sp³-hybridized carbons (Fsp3) is 0.429. The zero-order chi connectivity index (χ0) is 12.1. The van der Waals surface area contributed by atoms with E-state index in [0.717, 1.165) is 12.8 Å². The molecule has 2 rings (SSSR count). The van der Waals surface area contributed by atoms with Gasteiger partial charge in [0.1, 0.15) is 0 Å². The van der Waals surface area contributed by atoms with Crippen LogP contribution < -0.4 is 5.32 Å². The first-order valence-electron chi connectivity index (χ1n) is 6.10. The van der Waals surface area contributed by atoms with Gasteiger partial charge in [0.2, 0.25) is 0 Å². The standard InChI is InChI=1S/C14H16N2O/c15-10-11-5-4-6-12(9-11)14(17)16-13-7-2-1-3-8-13/h4-6,9,13H,1-3,7-8H2,(H,16,17). The number of nitriles is 1. The van der Waals surface area contributed by atoms with Gasteiger partial charge in [-0.15, -0.1) is 0 Å². The smallest absolute Gasteiger partial charge is 0.251 e. The molecule has 0 atom stereocenters. The van der Waals surface area contributed by atoms with Crippen molar-refractivity contribution < 1.29 is 4.79 Å². The summed E-state index contributed by atoms with van der Waals surface area (Å²) in [6.07, 6.45) is 5.82. The molecule has 0 aromatic heterocycles. The van der Waals surface area contributed by atoms with Gasteiger partial charge in [0, 0.05) is 11.6 Å². The summed E-state index contributed by atoms with van der Waals surface area (Å²) >= 11 is 0. The lowest BCUT2D eigenvalue weighted by Crippen LogP contribution is -2.36. The van der Waals surface area contributed by atoms with Gasteiger partial charge in [-0.25, -0.2) is 0 Å². The molecule has 1 amide bonds. The van der Waals surface area contributed by atoms with Crippen molar-refractivity contribution in [2.24, 2.45) is 0 Å². The maximum atomic E-state index is 12.0. The molecule has 1 N–H and O–H groups in total. The molecule has 3 heteroatoms. The highest BCUT2D eigenvalue weighted by molar-refractivity contribution is 5.94. The second-order valence-corrected chi connectivity index (χ2v) is 4.50. The number of hydrogen-bond donors (Lipinski definition) is 1. The fourth-order valence-corrected chi connectivity index (χ4v) is 2.25. The Balaban J connectivity index is 2.01. The molecule has 88 valence electrons.